The molecule has 0 spiro atoms. The van der Waals surface area contributed by atoms with Crippen molar-refractivity contribution >= 4 is 27.7 Å². The summed E-state index contributed by atoms with van der Waals surface area (Å²) in [5, 5.41) is 8.95. The number of nitrogens with two attached hydrogens (primary N) is 1. The molecular formula is C10H15N3O5S. The minimum absolute atomic E-state index is 0.160. The van der Waals surface area contributed by atoms with Crippen LogP contribution in [-0.2, 0) is 14.9 Å². The predicted molar refractivity (Wildman–Crippen MR) is 69.7 cm³/mol. The van der Waals surface area contributed by atoms with E-state index in [1.807, 2.05) is 0 Å². The maximum absolute atomic E-state index is 12.0. The molecule has 0 aliphatic carbocycles. The molecular weight excluding hydrogens is 274 g/mol. The largest absolute Gasteiger partial charge is 0.452 e. The molecule has 19 heavy (non-hydrogen) atoms. The van der Waals surface area contributed by atoms with E-state index in [4.69, 9.17) is 10.8 Å². The lowest BCUT2D eigenvalue weighted by molar-refractivity contribution is 0.177. The number of hydrogen-bond acceptors (Lipinski definition) is 6. The highest BCUT2D eigenvalue weighted by Crippen LogP contribution is 2.24. The van der Waals surface area contributed by atoms with Crippen molar-refractivity contribution in [1.82, 2.24) is 4.72 Å². The van der Waals surface area contributed by atoms with Crippen LogP contribution < -0.4 is 14.8 Å². The number of aliphatic hydroxyl groups excluding tert-OH is 1. The standard InChI is InChI=1S/C10H15N3O5S/c1-18-10(15)12-19(16,17)13(6-7-14)9-5-3-2-4-8(9)11/h2-5,14H,6-7,11H2,1H3,(H,12,15). The zero-order valence-corrected chi connectivity index (χ0v) is 11.1. The van der Waals surface area contributed by atoms with Gasteiger partial charge in [-0.15, -0.1) is 0 Å². The van der Waals surface area contributed by atoms with E-state index in [0.29, 0.717) is 0 Å². The lowest BCUT2D eigenvalue weighted by Gasteiger charge is -2.24. The Labute approximate surface area is 111 Å². The first kappa shape index (κ1) is 15.1. The SMILES string of the molecule is COC(=O)NS(=O)(=O)N(CCO)c1ccccc1N. The number of nitrogens with one attached hydrogen (secondary N) is 1. The first-order valence-electron chi connectivity index (χ1n) is 5.26. The van der Waals surface area contributed by atoms with E-state index in [2.05, 4.69) is 4.74 Å². The van der Waals surface area contributed by atoms with Gasteiger partial charge in [-0.1, -0.05) is 12.1 Å². The van der Waals surface area contributed by atoms with Crippen molar-refractivity contribution in [2.24, 2.45) is 0 Å². The Hall–Kier alpha value is -2.00. The number of carbonyl (C=O) groups excluding carboxylic acids is 1. The van der Waals surface area contributed by atoms with Gasteiger partial charge < -0.3 is 15.6 Å². The molecule has 1 aromatic rings. The molecule has 1 rings (SSSR count). The number of nitrogen functional groups attached to an aromatic ring is 1. The highest BCUT2D eigenvalue weighted by atomic mass is 32.2. The van der Waals surface area contributed by atoms with E-state index >= 15 is 0 Å². The lowest BCUT2D eigenvalue weighted by Crippen LogP contribution is -2.45. The van der Waals surface area contributed by atoms with Crippen LogP contribution >= 0.6 is 0 Å². The minimum Gasteiger partial charge on any atom is -0.452 e. The molecule has 0 bridgehead atoms. The van der Waals surface area contributed by atoms with Crippen LogP contribution in [0.15, 0.2) is 24.3 Å². The van der Waals surface area contributed by atoms with Crippen LogP contribution in [0.4, 0.5) is 16.2 Å². The summed E-state index contributed by atoms with van der Waals surface area (Å²) in [6.45, 7) is -0.684. The van der Waals surface area contributed by atoms with Crippen molar-refractivity contribution in [2.75, 3.05) is 30.3 Å². The van der Waals surface area contributed by atoms with Crippen molar-refractivity contribution < 1.29 is 23.1 Å². The van der Waals surface area contributed by atoms with Crippen molar-refractivity contribution in [1.29, 1.82) is 0 Å². The summed E-state index contributed by atoms with van der Waals surface area (Å²) in [6, 6.07) is 6.19. The second-order valence-corrected chi connectivity index (χ2v) is 5.05. The first-order chi connectivity index (χ1) is 8.92. The predicted octanol–water partition coefficient (Wildman–Crippen LogP) is -0.332. The van der Waals surface area contributed by atoms with Crippen molar-refractivity contribution in [3.05, 3.63) is 24.3 Å². The normalized spacial score (nSPS) is 10.8. The van der Waals surface area contributed by atoms with Gasteiger partial charge in [0.25, 0.3) is 0 Å². The van der Waals surface area contributed by atoms with E-state index in [9.17, 15) is 13.2 Å². The number of ether oxygens (including phenoxy) is 1. The Bertz CT molecular complexity index is 546. The molecule has 8 nitrogen and oxygen atoms in total. The maximum atomic E-state index is 12.0. The molecule has 0 aromatic heterocycles. The Kier molecular flexibility index (Phi) is 4.95. The number of carbonyl (C=O) groups is 1. The number of anilines is 2. The van der Waals surface area contributed by atoms with Gasteiger partial charge in [0.05, 0.1) is 31.6 Å². The molecule has 0 saturated heterocycles. The van der Waals surface area contributed by atoms with Gasteiger partial charge >= 0.3 is 16.3 Å². The quantitative estimate of drug-likeness (QED) is 0.638. The van der Waals surface area contributed by atoms with E-state index < -0.39 is 22.9 Å². The molecule has 0 aliphatic heterocycles. The van der Waals surface area contributed by atoms with Gasteiger partial charge in [0.15, 0.2) is 0 Å². The summed E-state index contributed by atoms with van der Waals surface area (Å²) in [4.78, 5) is 11.0. The lowest BCUT2D eigenvalue weighted by atomic mass is 10.3. The summed E-state index contributed by atoms with van der Waals surface area (Å²) in [7, 11) is -3.16. The number of benzene rings is 1. The van der Waals surface area contributed by atoms with Gasteiger partial charge in [-0.2, -0.15) is 8.42 Å². The summed E-state index contributed by atoms with van der Waals surface area (Å²) >= 11 is 0. The molecule has 0 saturated carbocycles. The third-order valence-corrected chi connectivity index (χ3v) is 3.58. The molecule has 0 unspecified atom stereocenters. The maximum Gasteiger partial charge on any atom is 0.422 e. The number of methoxy groups -OCH3 is 1. The summed E-state index contributed by atoms with van der Waals surface area (Å²) in [5.74, 6) is 0. The minimum atomic E-state index is -4.20. The molecule has 4 N–H and O–H groups in total. The van der Waals surface area contributed by atoms with Gasteiger partial charge in [-0.05, 0) is 12.1 Å². The van der Waals surface area contributed by atoms with Crippen LogP contribution in [0.2, 0.25) is 0 Å². The van der Waals surface area contributed by atoms with Crippen molar-refractivity contribution in [3.63, 3.8) is 0 Å². The monoisotopic (exact) mass is 289 g/mol. The van der Waals surface area contributed by atoms with Crippen molar-refractivity contribution in [3.8, 4) is 0 Å². The average molecular weight is 289 g/mol. The Morgan fingerprint density at radius 1 is 1.47 bits per heavy atom. The molecule has 0 aliphatic rings. The third kappa shape index (κ3) is 3.73. The van der Waals surface area contributed by atoms with Crippen molar-refractivity contribution in [2.45, 2.75) is 0 Å². The second kappa shape index (κ2) is 6.25. The topological polar surface area (TPSA) is 122 Å². The van der Waals surface area contributed by atoms with Gasteiger partial charge in [0, 0.05) is 0 Å². The number of aliphatic hydroxyl groups is 1. The third-order valence-electron chi connectivity index (χ3n) is 2.20. The molecule has 1 amide bonds. The number of hydrogen-bond donors (Lipinski definition) is 3. The highest BCUT2D eigenvalue weighted by molar-refractivity contribution is 7.91. The summed E-state index contributed by atoms with van der Waals surface area (Å²) in [6.07, 6.45) is -1.13. The van der Waals surface area contributed by atoms with Gasteiger partial charge in [0.1, 0.15) is 0 Å². The van der Waals surface area contributed by atoms with Crippen LogP contribution in [0, 0.1) is 0 Å². The smallest absolute Gasteiger partial charge is 0.422 e. The van der Waals surface area contributed by atoms with Crippen LogP contribution in [0.5, 0.6) is 0 Å². The van der Waals surface area contributed by atoms with Gasteiger partial charge in [0.2, 0.25) is 0 Å². The highest BCUT2D eigenvalue weighted by Gasteiger charge is 2.25. The molecule has 0 fully saturated rings. The molecule has 9 heteroatoms. The Morgan fingerprint density at radius 3 is 2.63 bits per heavy atom. The fourth-order valence-corrected chi connectivity index (χ4v) is 2.53. The number of nitrogens with zero attached hydrogens (tertiary/aromatic N) is 1. The van der Waals surface area contributed by atoms with E-state index in [0.717, 1.165) is 11.4 Å². The van der Waals surface area contributed by atoms with E-state index in [-0.39, 0.29) is 17.9 Å². The van der Waals surface area contributed by atoms with Crippen LogP contribution in [0.1, 0.15) is 0 Å². The fourth-order valence-electron chi connectivity index (χ4n) is 1.38. The molecule has 106 valence electrons. The zero-order valence-electron chi connectivity index (χ0n) is 10.2. The van der Waals surface area contributed by atoms with Crippen LogP contribution in [-0.4, -0.2) is 39.9 Å². The summed E-state index contributed by atoms with van der Waals surface area (Å²) in [5.41, 5.74) is 6.04. The Balaban J connectivity index is 3.14. The fraction of sp³-hybridized carbons (Fsp3) is 0.300. The first-order valence-corrected chi connectivity index (χ1v) is 6.70. The van der Waals surface area contributed by atoms with Gasteiger partial charge in [-0.3, -0.25) is 0 Å². The van der Waals surface area contributed by atoms with Crippen LogP contribution in [0.25, 0.3) is 0 Å². The molecule has 0 atom stereocenters. The Morgan fingerprint density at radius 2 is 2.11 bits per heavy atom. The van der Waals surface area contributed by atoms with E-state index in [1.54, 1.807) is 16.9 Å². The van der Waals surface area contributed by atoms with E-state index in [1.165, 1.54) is 12.1 Å². The van der Waals surface area contributed by atoms with Crippen LogP contribution in [0.3, 0.4) is 0 Å². The molecule has 0 radical (unpaired) electrons. The number of amides is 1. The number of para-hydroxylation sites is 2. The molecule has 1 aromatic carbocycles. The second-order valence-electron chi connectivity index (χ2n) is 3.45. The zero-order chi connectivity index (χ0) is 14.5. The molecule has 0 heterocycles. The number of rotatable bonds is 5. The average Bonchev–Trinajstić information content (AvgIpc) is 2.36. The summed E-state index contributed by atoms with van der Waals surface area (Å²) < 4.78 is 30.7. The van der Waals surface area contributed by atoms with Gasteiger partial charge in [-0.25, -0.2) is 13.8 Å².